The summed E-state index contributed by atoms with van der Waals surface area (Å²) in [4.78, 5) is 10.6. The molecule has 0 saturated heterocycles. The molecule has 0 aliphatic carbocycles. The Bertz CT molecular complexity index is 359. The number of carbonyl (C=O) groups is 1. The van der Waals surface area contributed by atoms with Gasteiger partial charge in [0.15, 0.2) is 0 Å². The van der Waals surface area contributed by atoms with Gasteiger partial charge < -0.3 is 10.5 Å². The maximum Gasteiger partial charge on any atom is 0.268 e. The Morgan fingerprint density at radius 2 is 2.14 bits per heavy atom. The van der Waals surface area contributed by atoms with E-state index in [1.807, 2.05) is 0 Å². The quantitative estimate of drug-likeness (QED) is 0.639. The summed E-state index contributed by atoms with van der Waals surface area (Å²) in [6, 6.07) is 4.63. The fourth-order valence-corrected chi connectivity index (χ4v) is 1.32. The number of amides is 1. The predicted molar refractivity (Wildman–Crippen MR) is 59.1 cm³/mol. The summed E-state index contributed by atoms with van der Waals surface area (Å²) in [7, 11) is 0. The van der Waals surface area contributed by atoms with Crippen LogP contribution in [0, 0.1) is 0 Å². The summed E-state index contributed by atoms with van der Waals surface area (Å²) in [6.07, 6.45) is 0. The number of primary amides is 1. The molecule has 0 radical (unpaired) electrons. The molecule has 0 aliphatic heterocycles. The summed E-state index contributed by atoms with van der Waals surface area (Å²) >= 11 is 15.3. The van der Waals surface area contributed by atoms with E-state index in [1.54, 1.807) is 6.07 Å². The van der Waals surface area contributed by atoms with Crippen LogP contribution in [0.15, 0.2) is 18.2 Å². The summed E-state index contributed by atoms with van der Waals surface area (Å²) in [5.41, 5.74) is 3.93. The van der Waals surface area contributed by atoms with Gasteiger partial charge in [0.05, 0.1) is 5.02 Å². The van der Waals surface area contributed by atoms with Gasteiger partial charge in [-0.25, -0.2) is 0 Å². The highest BCUT2D eigenvalue weighted by molar-refractivity contribution is 7.81. The molecule has 0 bridgehead atoms. The molecule has 3 nitrogen and oxygen atoms in total. The molecular weight excluding hydrogens is 245 g/mol. The second kappa shape index (κ2) is 4.77. The molecule has 1 atom stereocenters. The second-order valence-electron chi connectivity index (χ2n) is 2.45. The van der Waals surface area contributed by atoms with Crippen LogP contribution in [0.1, 0.15) is 0 Å². The number of benzene rings is 1. The third-order valence-corrected chi connectivity index (χ3v) is 2.27. The second-order valence-corrected chi connectivity index (χ2v) is 3.76. The molecule has 14 heavy (non-hydrogen) atoms. The van der Waals surface area contributed by atoms with E-state index in [0.29, 0.717) is 15.8 Å². The number of hydrogen-bond acceptors (Lipinski definition) is 3. The maximum absolute atomic E-state index is 10.6. The zero-order valence-electron chi connectivity index (χ0n) is 6.91. The Balaban J connectivity index is 2.82. The Kier molecular flexibility index (Phi) is 3.92. The number of nitrogens with two attached hydrogens (primary N) is 1. The SMILES string of the molecule is NC(=O)C(S)Oc1ccc(Cl)cc1Cl. The van der Waals surface area contributed by atoms with Crippen LogP contribution in [0.25, 0.3) is 0 Å². The molecule has 0 spiro atoms. The monoisotopic (exact) mass is 251 g/mol. The standard InChI is InChI=1S/C8H7Cl2NO2S/c9-4-1-2-6(5(10)3-4)13-8(14)7(11)12/h1-3,8,14H,(H2,11,12). The minimum atomic E-state index is -1.02. The normalized spacial score (nSPS) is 12.2. The van der Waals surface area contributed by atoms with Gasteiger partial charge in [-0.3, -0.25) is 4.79 Å². The average Bonchev–Trinajstić information content (AvgIpc) is 2.09. The van der Waals surface area contributed by atoms with Crippen molar-refractivity contribution in [2.75, 3.05) is 0 Å². The molecule has 0 aromatic heterocycles. The van der Waals surface area contributed by atoms with Crippen LogP contribution >= 0.6 is 35.8 Å². The van der Waals surface area contributed by atoms with Crippen LogP contribution in [0.4, 0.5) is 0 Å². The van der Waals surface area contributed by atoms with Gasteiger partial charge in [0.25, 0.3) is 5.91 Å². The molecule has 76 valence electrons. The van der Waals surface area contributed by atoms with Crippen molar-refractivity contribution in [3.05, 3.63) is 28.2 Å². The van der Waals surface area contributed by atoms with E-state index in [-0.39, 0.29) is 0 Å². The highest BCUT2D eigenvalue weighted by Gasteiger charge is 2.13. The molecular formula is C8H7Cl2NO2S. The first-order valence-electron chi connectivity index (χ1n) is 3.60. The van der Waals surface area contributed by atoms with Crippen LogP contribution in [0.5, 0.6) is 5.75 Å². The van der Waals surface area contributed by atoms with Crippen LogP contribution in [0.3, 0.4) is 0 Å². The molecule has 1 aromatic carbocycles. The van der Waals surface area contributed by atoms with E-state index in [0.717, 1.165) is 0 Å². The van der Waals surface area contributed by atoms with Gasteiger partial charge in [0.2, 0.25) is 5.44 Å². The molecule has 0 saturated carbocycles. The number of thiol groups is 1. The van der Waals surface area contributed by atoms with E-state index < -0.39 is 11.3 Å². The number of halogens is 2. The molecule has 0 fully saturated rings. The van der Waals surface area contributed by atoms with Gasteiger partial charge in [-0.05, 0) is 18.2 Å². The van der Waals surface area contributed by atoms with E-state index in [2.05, 4.69) is 12.6 Å². The molecule has 1 aromatic rings. The topological polar surface area (TPSA) is 52.3 Å². The van der Waals surface area contributed by atoms with Gasteiger partial charge in [0.1, 0.15) is 5.75 Å². The number of carbonyl (C=O) groups excluding carboxylic acids is 1. The predicted octanol–water partition coefficient (Wildman–Crippen LogP) is 2.11. The van der Waals surface area contributed by atoms with Crippen molar-refractivity contribution < 1.29 is 9.53 Å². The molecule has 0 aliphatic rings. The lowest BCUT2D eigenvalue weighted by molar-refractivity contribution is -0.121. The third kappa shape index (κ3) is 2.97. The summed E-state index contributed by atoms with van der Waals surface area (Å²) in [5.74, 6) is -0.366. The minimum Gasteiger partial charge on any atom is -0.469 e. The van der Waals surface area contributed by atoms with E-state index in [4.69, 9.17) is 33.7 Å². The van der Waals surface area contributed by atoms with Gasteiger partial charge in [0, 0.05) is 5.02 Å². The smallest absolute Gasteiger partial charge is 0.268 e. The summed E-state index contributed by atoms with van der Waals surface area (Å²) in [6.45, 7) is 0. The Hall–Kier alpha value is -0.580. The van der Waals surface area contributed by atoms with Gasteiger partial charge in [-0.15, -0.1) is 12.6 Å². The van der Waals surface area contributed by atoms with Gasteiger partial charge >= 0.3 is 0 Å². The lowest BCUT2D eigenvalue weighted by Gasteiger charge is -2.11. The lowest BCUT2D eigenvalue weighted by Crippen LogP contribution is -2.28. The first-order chi connectivity index (χ1) is 6.50. The van der Waals surface area contributed by atoms with Crippen molar-refractivity contribution in [3.8, 4) is 5.75 Å². The van der Waals surface area contributed by atoms with Gasteiger partial charge in [-0.1, -0.05) is 23.2 Å². The summed E-state index contributed by atoms with van der Waals surface area (Å²) in [5, 5.41) is 0.787. The first-order valence-corrected chi connectivity index (χ1v) is 4.87. The zero-order chi connectivity index (χ0) is 10.7. The van der Waals surface area contributed by atoms with Crippen molar-refractivity contribution in [1.29, 1.82) is 0 Å². The zero-order valence-corrected chi connectivity index (χ0v) is 9.31. The minimum absolute atomic E-state index is 0.304. The van der Waals surface area contributed by atoms with Crippen molar-refractivity contribution >= 4 is 41.7 Å². The fourth-order valence-electron chi connectivity index (χ4n) is 0.749. The third-order valence-electron chi connectivity index (χ3n) is 1.38. The highest BCUT2D eigenvalue weighted by atomic mass is 35.5. The summed E-state index contributed by atoms with van der Waals surface area (Å²) < 4.78 is 5.06. The van der Waals surface area contributed by atoms with Crippen LogP contribution in [0.2, 0.25) is 10.0 Å². The van der Waals surface area contributed by atoms with E-state index in [9.17, 15) is 4.79 Å². The maximum atomic E-state index is 10.6. The molecule has 0 heterocycles. The molecule has 1 rings (SSSR count). The van der Waals surface area contributed by atoms with Crippen molar-refractivity contribution in [2.45, 2.75) is 5.44 Å². The first kappa shape index (κ1) is 11.5. The Morgan fingerprint density at radius 1 is 1.50 bits per heavy atom. The van der Waals surface area contributed by atoms with E-state index in [1.165, 1.54) is 12.1 Å². The largest absolute Gasteiger partial charge is 0.469 e. The lowest BCUT2D eigenvalue weighted by atomic mass is 10.3. The average molecular weight is 252 g/mol. The molecule has 2 N–H and O–H groups in total. The van der Waals surface area contributed by atoms with E-state index >= 15 is 0 Å². The molecule has 1 unspecified atom stereocenters. The number of rotatable bonds is 3. The number of ether oxygens (including phenoxy) is 1. The van der Waals surface area contributed by atoms with Crippen molar-refractivity contribution in [2.24, 2.45) is 5.73 Å². The highest BCUT2D eigenvalue weighted by Crippen LogP contribution is 2.28. The van der Waals surface area contributed by atoms with Crippen LogP contribution < -0.4 is 10.5 Å². The van der Waals surface area contributed by atoms with Crippen molar-refractivity contribution in [1.82, 2.24) is 0 Å². The van der Waals surface area contributed by atoms with Crippen LogP contribution in [-0.2, 0) is 4.79 Å². The molecule has 6 heteroatoms. The van der Waals surface area contributed by atoms with Crippen LogP contribution in [-0.4, -0.2) is 11.3 Å². The Labute approximate surface area is 96.5 Å². The van der Waals surface area contributed by atoms with Crippen molar-refractivity contribution in [3.63, 3.8) is 0 Å². The van der Waals surface area contributed by atoms with Gasteiger partial charge in [-0.2, -0.15) is 0 Å². The molecule has 1 amide bonds. The fraction of sp³-hybridized carbons (Fsp3) is 0.125. The Morgan fingerprint density at radius 3 is 2.64 bits per heavy atom. The number of hydrogen-bond donors (Lipinski definition) is 2.